The first kappa shape index (κ1) is 14.1. The summed E-state index contributed by atoms with van der Waals surface area (Å²) in [5, 5.41) is 0. The molecule has 0 spiro atoms. The van der Waals surface area contributed by atoms with Crippen LogP contribution in [-0.2, 0) is 0 Å². The number of rotatable bonds is 3. The maximum atomic E-state index is 5.11. The average Bonchev–Trinajstić information content (AvgIpc) is 2.55. The lowest BCUT2D eigenvalue weighted by Crippen LogP contribution is -2.31. The maximum absolute atomic E-state index is 5.11. The zero-order chi connectivity index (χ0) is 14.2. The Hall–Kier alpha value is -1.28. The van der Waals surface area contributed by atoms with Crippen molar-refractivity contribution in [3.05, 3.63) is 57.6 Å². The molecule has 0 saturated heterocycles. The third-order valence-corrected chi connectivity index (χ3v) is 7.60. The lowest BCUT2D eigenvalue weighted by atomic mass is 10.1. The first-order chi connectivity index (χ1) is 8.84. The number of nitrogens with zero attached hydrogens (tertiary/aromatic N) is 1. The molecule has 102 valence electrons. The molecule has 1 aromatic rings. The number of hydrogen-bond donors (Lipinski definition) is 0. The van der Waals surface area contributed by atoms with Crippen molar-refractivity contribution >= 4 is 13.9 Å². The molecule has 0 saturated carbocycles. The number of hydrogen-bond acceptors (Lipinski definition) is 0. The van der Waals surface area contributed by atoms with Crippen molar-refractivity contribution in [3.8, 4) is 0 Å². The van der Waals surface area contributed by atoms with Crippen molar-refractivity contribution in [1.29, 1.82) is 0 Å². The highest BCUT2D eigenvalue weighted by Crippen LogP contribution is 2.49. The highest BCUT2D eigenvalue weighted by Gasteiger charge is 2.32. The van der Waals surface area contributed by atoms with E-state index in [1.165, 1.54) is 22.3 Å². The van der Waals surface area contributed by atoms with Gasteiger partial charge in [-0.25, -0.2) is 0 Å². The van der Waals surface area contributed by atoms with Crippen LogP contribution in [0.3, 0.4) is 0 Å². The van der Waals surface area contributed by atoms with Gasteiger partial charge >= 0.3 is 0 Å². The zero-order valence-electron chi connectivity index (χ0n) is 12.9. The summed E-state index contributed by atoms with van der Waals surface area (Å²) in [4.78, 5) is 5.11. The molecule has 0 N–H and O–H groups in total. The van der Waals surface area contributed by atoms with Gasteiger partial charge in [0.25, 0.3) is 0 Å². The Bertz CT molecular complexity index is 514. The maximum Gasteiger partial charge on any atom is -0.0210 e. The lowest BCUT2D eigenvalue weighted by Gasteiger charge is -2.46. The Balaban J connectivity index is 2.31. The number of benzene rings is 1. The van der Waals surface area contributed by atoms with Crippen LogP contribution in [0.15, 0.2) is 52.6 Å². The van der Waals surface area contributed by atoms with Gasteiger partial charge in [-0.1, -0.05) is 54.6 Å². The highest BCUT2D eigenvalue weighted by atomic mass is 28.3. The van der Waals surface area contributed by atoms with Crippen molar-refractivity contribution in [2.75, 3.05) is 0 Å². The fourth-order valence-corrected chi connectivity index (χ4v) is 6.80. The molecule has 0 atom stereocenters. The monoisotopic (exact) mass is 270 g/mol. The Morgan fingerprint density at radius 3 is 1.79 bits per heavy atom. The van der Waals surface area contributed by atoms with Crippen molar-refractivity contribution in [3.63, 3.8) is 0 Å². The summed E-state index contributed by atoms with van der Waals surface area (Å²) in [6.07, 6.45) is 0. The van der Waals surface area contributed by atoms with Crippen LogP contribution < -0.4 is 0 Å². The quantitative estimate of drug-likeness (QED) is 0.602. The van der Waals surface area contributed by atoms with Crippen LogP contribution in [0, 0.1) is 0 Å². The predicted octanol–water partition coefficient (Wildman–Crippen LogP) is 5.95. The van der Waals surface area contributed by atoms with Gasteiger partial charge in [-0.2, -0.15) is 0 Å². The van der Waals surface area contributed by atoms with Crippen LogP contribution in [0.5, 0.6) is 0 Å². The van der Waals surface area contributed by atoms with Gasteiger partial charge in [-0.3, -0.25) is 0 Å². The van der Waals surface area contributed by atoms with Gasteiger partial charge in [-0.05, 0) is 52.6 Å². The van der Waals surface area contributed by atoms with E-state index in [0.717, 1.165) is 5.69 Å². The molecule has 0 radical (unpaired) electrons. The minimum atomic E-state index is -1.71. The normalized spacial score (nSPS) is 17.4. The average molecular weight is 270 g/mol. The predicted molar refractivity (Wildman–Crippen MR) is 87.4 cm³/mol. The van der Waals surface area contributed by atoms with Crippen LogP contribution >= 0.6 is 0 Å². The van der Waals surface area contributed by atoms with E-state index >= 15 is 0 Å². The lowest BCUT2D eigenvalue weighted by molar-refractivity contribution is 1.07. The minimum absolute atomic E-state index is 0.563. The first-order valence-electron chi connectivity index (χ1n) is 6.97. The van der Waals surface area contributed by atoms with Crippen LogP contribution in [0.25, 0.3) is 4.98 Å². The minimum Gasteiger partial charge on any atom is -0.686 e. The Morgan fingerprint density at radius 1 is 0.842 bits per heavy atom. The second-order valence-corrected chi connectivity index (χ2v) is 10.3. The molecule has 1 aromatic carbocycles. The van der Waals surface area contributed by atoms with E-state index < -0.39 is 8.24 Å². The van der Waals surface area contributed by atoms with Crippen LogP contribution in [0.4, 0.5) is 5.69 Å². The Kier molecular flexibility index (Phi) is 3.72. The summed E-state index contributed by atoms with van der Waals surface area (Å²) < 4.78 is 0. The van der Waals surface area contributed by atoms with E-state index in [1.54, 1.807) is 0 Å². The highest BCUT2D eigenvalue weighted by molar-refractivity contribution is 6.85. The SMILES string of the molecule is CC1=C(C)C([Si](C)(C)[N-]c2ccccc2)C(C)=C1C. The summed E-state index contributed by atoms with van der Waals surface area (Å²) >= 11 is 0. The molecular formula is C17H24NSi-. The second-order valence-electron chi connectivity index (χ2n) is 6.15. The molecule has 1 aliphatic carbocycles. The van der Waals surface area contributed by atoms with E-state index in [0.29, 0.717) is 5.54 Å². The van der Waals surface area contributed by atoms with Gasteiger partial charge in [0.1, 0.15) is 0 Å². The van der Waals surface area contributed by atoms with Crippen LogP contribution in [0.2, 0.25) is 18.6 Å². The molecule has 0 heterocycles. The number of allylic oxidation sites excluding steroid dienone is 4. The van der Waals surface area contributed by atoms with Gasteiger partial charge in [0.2, 0.25) is 0 Å². The first-order valence-corrected chi connectivity index (χ1v) is 10.00. The summed E-state index contributed by atoms with van der Waals surface area (Å²) in [6, 6.07) is 10.4. The molecule has 1 aliphatic rings. The van der Waals surface area contributed by atoms with Gasteiger partial charge in [0.05, 0.1) is 0 Å². The third-order valence-electron chi connectivity index (χ3n) is 4.49. The molecule has 0 bridgehead atoms. The van der Waals surface area contributed by atoms with Gasteiger partial charge in [0.15, 0.2) is 0 Å². The summed E-state index contributed by atoms with van der Waals surface area (Å²) in [7, 11) is -1.71. The summed E-state index contributed by atoms with van der Waals surface area (Å²) in [5.74, 6) is 0. The van der Waals surface area contributed by atoms with E-state index in [1.807, 2.05) is 6.07 Å². The fourth-order valence-electron chi connectivity index (χ4n) is 3.31. The molecular weight excluding hydrogens is 246 g/mol. The molecule has 2 heteroatoms. The molecule has 0 aromatic heterocycles. The van der Waals surface area contributed by atoms with Crippen LogP contribution in [-0.4, -0.2) is 8.24 Å². The van der Waals surface area contributed by atoms with E-state index in [9.17, 15) is 0 Å². The largest absolute Gasteiger partial charge is 0.686 e. The molecule has 0 amide bonds. The van der Waals surface area contributed by atoms with Gasteiger partial charge < -0.3 is 4.98 Å². The van der Waals surface area contributed by atoms with Crippen molar-refractivity contribution in [2.24, 2.45) is 0 Å². The van der Waals surface area contributed by atoms with Crippen molar-refractivity contribution < 1.29 is 0 Å². The van der Waals surface area contributed by atoms with Gasteiger partial charge in [-0.15, -0.1) is 5.69 Å². The Labute approximate surface area is 118 Å². The van der Waals surface area contributed by atoms with E-state index in [-0.39, 0.29) is 0 Å². The van der Waals surface area contributed by atoms with Crippen LogP contribution in [0.1, 0.15) is 27.7 Å². The smallest absolute Gasteiger partial charge is 0.0210 e. The molecule has 19 heavy (non-hydrogen) atoms. The second kappa shape index (κ2) is 5.01. The molecule has 1 nitrogen and oxygen atoms in total. The van der Waals surface area contributed by atoms with E-state index in [4.69, 9.17) is 4.98 Å². The standard InChI is InChI=1S/C17H24NSi/c1-12-13(2)15(4)17(14(12)3)19(5,6)18-16-10-8-7-9-11-16/h7-11,17H,1-6H3/q-1. The van der Waals surface area contributed by atoms with Crippen molar-refractivity contribution in [2.45, 2.75) is 46.3 Å². The van der Waals surface area contributed by atoms with Gasteiger partial charge in [0, 0.05) is 0 Å². The Morgan fingerprint density at radius 2 is 1.32 bits per heavy atom. The molecule has 2 rings (SSSR count). The third kappa shape index (κ3) is 2.55. The van der Waals surface area contributed by atoms with E-state index in [2.05, 4.69) is 65.1 Å². The zero-order valence-corrected chi connectivity index (χ0v) is 13.9. The summed E-state index contributed by atoms with van der Waals surface area (Å²) in [6.45, 7) is 13.8. The van der Waals surface area contributed by atoms with Crippen molar-refractivity contribution in [1.82, 2.24) is 0 Å². The fraction of sp³-hybridized carbons (Fsp3) is 0.412. The molecule has 0 unspecified atom stereocenters. The topological polar surface area (TPSA) is 14.1 Å². The summed E-state index contributed by atoms with van der Waals surface area (Å²) in [5.41, 5.74) is 7.71. The molecule has 0 fully saturated rings. The molecule has 0 aliphatic heterocycles.